The summed E-state index contributed by atoms with van der Waals surface area (Å²) in [6.45, 7) is 2.93. The molecule has 0 aromatic carbocycles. The van der Waals surface area contributed by atoms with Crippen molar-refractivity contribution in [2.75, 3.05) is 12.3 Å². The van der Waals surface area contributed by atoms with E-state index < -0.39 is 0 Å². The van der Waals surface area contributed by atoms with Gasteiger partial charge in [0, 0.05) is 6.61 Å². The zero-order chi connectivity index (χ0) is 7.40. The number of aromatic nitrogens is 3. The average molecular weight is 142 g/mol. The Morgan fingerprint density at radius 2 is 2.60 bits per heavy atom. The highest BCUT2D eigenvalue weighted by Gasteiger charge is 1.92. The van der Waals surface area contributed by atoms with Gasteiger partial charge in [0.2, 0.25) is 0 Å². The summed E-state index contributed by atoms with van der Waals surface area (Å²) in [6, 6.07) is 0. The maximum absolute atomic E-state index is 5.30. The smallest absolute Gasteiger partial charge is 0.166 e. The molecule has 0 aliphatic rings. The molecule has 5 nitrogen and oxygen atoms in total. The van der Waals surface area contributed by atoms with Gasteiger partial charge in [0.05, 0.1) is 6.20 Å². The van der Waals surface area contributed by atoms with Gasteiger partial charge in [0.25, 0.3) is 0 Å². The molecule has 0 saturated carbocycles. The van der Waals surface area contributed by atoms with Gasteiger partial charge >= 0.3 is 0 Å². The fourth-order valence-corrected chi connectivity index (χ4v) is 0.546. The first-order valence-corrected chi connectivity index (χ1v) is 3.06. The summed E-state index contributed by atoms with van der Waals surface area (Å²) in [7, 11) is 0. The molecule has 56 valence electrons. The summed E-state index contributed by atoms with van der Waals surface area (Å²) in [4.78, 5) is 1.40. The molecule has 0 fully saturated rings. The quantitative estimate of drug-likeness (QED) is 0.637. The summed E-state index contributed by atoms with van der Waals surface area (Å²) in [5, 5.41) is 7.62. The lowest BCUT2D eigenvalue weighted by Gasteiger charge is -1.96. The van der Waals surface area contributed by atoms with Gasteiger partial charge in [-0.25, -0.2) is 0 Å². The monoisotopic (exact) mass is 142 g/mol. The number of nitrogens with zero attached hydrogens (tertiary/aromatic N) is 3. The van der Waals surface area contributed by atoms with Crippen LogP contribution in [0.15, 0.2) is 6.20 Å². The van der Waals surface area contributed by atoms with Gasteiger partial charge in [-0.2, -0.15) is 9.90 Å². The second-order valence-corrected chi connectivity index (χ2v) is 1.76. The first-order chi connectivity index (χ1) is 4.83. The van der Waals surface area contributed by atoms with Crippen LogP contribution in [0.3, 0.4) is 0 Å². The van der Waals surface area contributed by atoms with Crippen molar-refractivity contribution in [2.45, 2.75) is 13.7 Å². The van der Waals surface area contributed by atoms with E-state index >= 15 is 0 Å². The minimum absolute atomic E-state index is 0.369. The van der Waals surface area contributed by atoms with E-state index in [2.05, 4.69) is 10.2 Å². The number of anilines is 1. The molecule has 0 saturated heterocycles. The van der Waals surface area contributed by atoms with Crippen LogP contribution in [0.25, 0.3) is 0 Å². The van der Waals surface area contributed by atoms with E-state index in [1.54, 1.807) is 0 Å². The Morgan fingerprint density at radius 3 is 3.10 bits per heavy atom. The van der Waals surface area contributed by atoms with Crippen LogP contribution in [-0.2, 0) is 11.5 Å². The molecule has 0 amide bonds. The van der Waals surface area contributed by atoms with Crippen LogP contribution in [0, 0.1) is 0 Å². The first-order valence-electron chi connectivity index (χ1n) is 3.06. The standard InChI is InChI=1S/C5H10N4O/c1-2-10-4-9-7-3-5(6)8-9/h3H,2,4H2,1H3,(H2,6,8). The van der Waals surface area contributed by atoms with Gasteiger partial charge in [-0.1, -0.05) is 0 Å². The molecule has 0 aliphatic carbocycles. The fraction of sp³-hybridized carbons (Fsp3) is 0.600. The molecule has 1 aromatic heterocycles. The van der Waals surface area contributed by atoms with Crippen LogP contribution in [0.5, 0.6) is 0 Å². The molecule has 0 radical (unpaired) electrons. The Kier molecular flexibility index (Phi) is 2.22. The van der Waals surface area contributed by atoms with Crippen molar-refractivity contribution < 1.29 is 4.74 Å². The predicted molar refractivity (Wildman–Crippen MR) is 36.1 cm³/mol. The van der Waals surface area contributed by atoms with Crippen LogP contribution in [0.4, 0.5) is 5.82 Å². The zero-order valence-corrected chi connectivity index (χ0v) is 5.82. The largest absolute Gasteiger partial charge is 0.381 e. The number of nitrogens with two attached hydrogens (primary N) is 1. The minimum Gasteiger partial charge on any atom is -0.381 e. The van der Waals surface area contributed by atoms with Crippen molar-refractivity contribution in [2.24, 2.45) is 0 Å². The molecule has 1 aromatic rings. The second kappa shape index (κ2) is 3.17. The third-order valence-electron chi connectivity index (χ3n) is 0.965. The lowest BCUT2D eigenvalue weighted by molar-refractivity contribution is 0.0692. The molecule has 0 atom stereocenters. The highest BCUT2D eigenvalue weighted by atomic mass is 16.5. The Bertz CT molecular complexity index is 197. The molecule has 0 bridgehead atoms. The summed E-state index contributed by atoms with van der Waals surface area (Å²) >= 11 is 0. The van der Waals surface area contributed by atoms with Gasteiger partial charge in [0.1, 0.15) is 0 Å². The van der Waals surface area contributed by atoms with E-state index in [0.29, 0.717) is 19.2 Å². The number of nitrogen functional groups attached to an aromatic ring is 1. The zero-order valence-electron chi connectivity index (χ0n) is 5.82. The van der Waals surface area contributed by atoms with Crippen LogP contribution >= 0.6 is 0 Å². The molecule has 5 heteroatoms. The lowest BCUT2D eigenvalue weighted by Crippen LogP contribution is -2.05. The van der Waals surface area contributed by atoms with Crippen LogP contribution in [0.1, 0.15) is 6.92 Å². The molecular weight excluding hydrogens is 132 g/mol. The Hall–Kier alpha value is -1.10. The number of rotatable bonds is 3. The van der Waals surface area contributed by atoms with E-state index in [1.807, 2.05) is 6.92 Å². The van der Waals surface area contributed by atoms with E-state index in [9.17, 15) is 0 Å². The van der Waals surface area contributed by atoms with Gasteiger partial charge in [-0.05, 0) is 6.92 Å². The van der Waals surface area contributed by atoms with E-state index in [0.717, 1.165) is 0 Å². The summed E-state index contributed by atoms with van der Waals surface area (Å²) < 4.78 is 5.02. The van der Waals surface area contributed by atoms with Crippen LogP contribution < -0.4 is 5.73 Å². The molecule has 0 unspecified atom stereocenters. The molecular formula is C5H10N4O. The molecule has 10 heavy (non-hydrogen) atoms. The third kappa shape index (κ3) is 1.70. The predicted octanol–water partition coefficient (Wildman–Crippen LogP) is -0.146. The number of ether oxygens (including phenoxy) is 1. The summed E-state index contributed by atoms with van der Waals surface area (Å²) in [5.74, 6) is 0.416. The van der Waals surface area contributed by atoms with Crippen molar-refractivity contribution in [3.05, 3.63) is 6.20 Å². The molecule has 0 spiro atoms. The maximum Gasteiger partial charge on any atom is 0.166 e. The summed E-state index contributed by atoms with van der Waals surface area (Å²) in [6.07, 6.45) is 1.49. The van der Waals surface area contributed by atoms with Gasteiger partial charge < -0.3 is 10.5 Å². The van der Waals surface area contributed by atoms with Gasteiger partial charge in [0.15, 0.2) is 12.5 Å². The van der Waals surface area contributed by atoms with E-state index in [4.69, 9.17) is 10.5 Å². The van der Waals surface area contributed by atoms with Crippen LogP contribution in [-0.4, -0.2) is 21.6 Å². The van der Waals surface area contributed by atoms with Crippen molar-refractivity contribution in [3.63, 3.8) is 0 Å². The maximum atomic E-state index is 5.30. The van der Waals surface area contributed by atoms with Crippen molar-refractivity contribution >= 4 is 5.82 Å². The molecule has 0 aliphatic heterocycles. The third-order valence-corrected chi connectivity index (χ3v) is 0.965. The molecule has 1 rings (SSSR count). The second-order valence-electron chi connectivity index (χ2n) is 1.76. The normalized spacial score (nSPS) is 10.1. The number of hydrogen-bond acceptors (Lipinski definition) is 4. The highest BCUT2D eigenvalue weighted by molar-refractivity contribution is 5.19. The Labute approximate surface area is 58.8 Å². The average Bonchev–Trinajstić information content (AvgIpc) is 2.31. The topological polar surface area (TPSA) is 66.0 Å². The summed E-state index contributed by atoms with van der Waals surface area (Å²) in [5.41, 5.74) is 5.30. The van der Waals surface area contributed by atoms with Gasteiger partial charge in [-0.15, -0.1) is 5.10 Å². The van der Waals surface area contributed by atoms with Crippen LogP contribution in [0.2, 0.25) is 0 Å². The van der Waals surface area contributed by atoms with E-state index in [-0.39, 0.29) is 0 Å². The highest BCUT2D eigenvalue weighted by Crippen LogP contribution is 1.90. The van der Waals surface area contributed by atoms with Crippen molar-refractivity contribution in [3.8, 4) is 0 Å². The number of hydrogen-bond donors (Lipinski definition) is 1. The van der Waals surface area contributed by atoms with E-state index in [1.165, 1.54) is 11.0 Å². The van der Waals surface area contributed by atoms with Gasteiger partial charge in [-0.3, -0.25) is 0 Å². The first kappa shape index (κ1) is 7.01. The minimum atomic E-state index is 0.369. The van der Waals surface area contributed by atoms with Crippen molar-refractivity contribution in [1.82, 2.24) is 15.0 Å². The lowest BCUT2D eigenvalue weighted by atomic mass is 10.8. The molecule has 1 heterocycles. The SMILES string of the molecule is CCOCn1ncc(N)n1. The Balaban J connectivity index is 2.42. The fourth-order valence-electron chi connectivity index (χ4n) is 0.546. The van der Waals surface area contributed by atoms with Crippen molar-refractivity contribution in [1.29, 1.82) is 0 Å². The molecule has 2 N–H and O–H groups in total. The Morgan fingerprint density at radius 1 is 1.80 bits per heavy atom.